The number of nitrogens with one attached hydrogen (secondary N) is 2. The number of rotatable bonds is 2. The lowest BCUT2D eigenvalue weighted by Gasteiger charge is -2.23. The number of carbonyl (C=O) groups is 2. The number of nitrogens with zero attached hydrogens (tertiary/aromatic N) is 2. The molecule has 2 amide bonds. The van der Waals surface area contributed by atoms with E-state index in [0.29, 0.717) is 12.8 Å². The van der Waals surface area contributed by atoms with Gasteiger partial charge in [-0.3, -0.25) is 14.9 Å². The van der Waals surface area contributed by atoms with Crippen LogP contribution in [0.4, 0.5) is 5.69 Å². The zero-order valence-corrected chi connectivity index (χ0v) is 12.7. The van der Waals surface area contributed by atoms with Crippen molar-refractivity contribution in [1.29, 1.82) is 0 Å². The number of hydrogen-bond acceptors (Lipinski definition) is 4. The second-order valence-corrected chi connectivity index (χ2v) is 5.69. The number of imide groups is 1. The zero-order valence-electron chi connectivity index (χ0n) is 12.7. The maximum absolute atomic E-state index is 12.3. The van der Waals surface area contributed by atoms with Crippen molar-refractivity contribution in [2.24, 2.45) is 0 Å². The summed E-state index contributed by atoms with van der Waals surface area (Å²) in [6, 6.07) is 9.51. The molecule has 23 heavy (non-hydrogen) atoms. The van der Waals surface area contributed by atoms with E-state index in [-0.39, 0.29) is 11.8 Å². The Labute approximate surface area is 132 Å². The molecule has 3 aromatic rings. The molecule has 0 saturated carbocycles. The Hall–Kier alpha value is -2.89. The summed E-state index contributed by atoms with van der Waals surface area (Å²) in [4.78, 5) is 28.2. The second kappa shape index (κ2) is 5.08. The summed E-state index contributed by atoms with van der Waals surface area (Å²) in [6.07, 6.45) is 2.56. The van der Waals surface area contributed by atoms with Crippen LogP contribution in [0.5, 0.6) is 0 Å². The fourth-order valence-corrected chi connectivity index (χ4v) is 3.27. The number of hydrogen-bond donors (Lipinski definition) is 2. The van der Waals surface area contributed by atoms with E-state index in [1.54, 1.807) is 6.20 Å². The van der Waals surface area contributed by atoms with Gasteiger partial charge in [0.1, 0.15) is 11.7 Å². The van der Waals surface area contributed by atoms with Gasteiger partial charge in [-0.1, -0.05) is 0 Å². The van der Waals surface area contributed by atoms with Gasteiger partial charge in [0.25, 0.3) is 0 Å². The molecule has 6 nitrogen and oxygen atoms in total. The topological polar surface area (TPSA) is 76.0 Å². The van der Waals surface area contributed by atoms with Crippen molar-refractivity contribution >= 4 is 39.4 Å². The normalized spacial score (nSPS) is 18.4. The molecule has 1 saturated heterocycles. The molecule has 1 aliphatic heterocycles. The van der Waals surface area contributed by atoms with Crippen molar-refractivity contribution in [3.8, 4) is 0 Å². The van der Waals surface area contributed by atoms with Crippen molar-refractivity contribution in [2.75, 3.05) is 12.4 Å². The van der Waals surface area contributed by atoms with Gasteiger partial charge in [0.05, 0.1) is 5.52 Å². The highest BCUT2D eigenvalue weighted by Gasteiger charge is 2.30. The van der Waals surface area contributed by atoms with Crippen LogP contribution in [0.15, 0.2) is 36.5 Å². The fourth-order valence-electron chi connectivity index (χ4n) is 3.27. The highest BCUT2D eigenvalue weighted by atomic mass is 16.2. The molecule has 1 atom stereocenters. The van der Waals surface area contributed by atoms with E-state index in [9.17, 15) is 9.59 Å². The molecule has 1 aromatic carbocycles. The van der Waals surface area contributed by atoms with Gasteiger partial charge in [0.15, 0.2) is 0 Å². The quantitative estimate of drug-likeness (QED) is 0.712. The highest BCUT2D eigenvalue weighted by Crippen LogP contribution is 2.34. The minimum Gasteiger partial charge on any atom is -0.388 e. The van der Waals surface area contributed by atoms with Crippen LogP contribution in [0.3, 0.4) is 0 Å². The van der Waals surface area contributed by atoms with Gasteiger partial charge >= 0.3 is 0 Å². The molecule has 116 valence electrons. The van der Waals surface area contributed by atoms with Crippen LogP contribution in [0, 0.1) is 0 Å². The molecule has 6 heteroatoms. The molecular weight excluding hydrogens is 292 g/mol. The highest BCUT2D eigenvalue weighted by molar-refractivity contribution is 6.09. The Kier molecular flexibility index (Phi) is 3.04. The van der Waals surface area contributed by atoms with E-state index in [2.05, 4.69) is 21.7 Å². The summed E-state index contributed by atoms with van der Waals surface area (Å²) >= 11 is 0. The lowest BCUT2D eigenvalue weighted by Crippen LogP contribution is -2.41. The standard InChI is InChI=1S/C17H16N4O2/c1-18-10-4-5-13-12(9-10)11-3-2-8-19-16(11)21(13)14-6-7-15(22)20-17(14)23/h2-5,8-9,14,18H,6-7H2,1H3,(H,20,22,23). The van der Waals surface area contributed by atoms with Crippen LogP contribution in [0.1, 0.15) is 18.9 Å². The van der Waals surface area contributed by atoms with Gasteiger partial charge < -0.3 is 9.88 Å². The first-order chi connectivity index (χ1) is 11.2. The van der Waals surface area contributed by atoms with E-state index >= 15 is 0 Å². The molecule has 1 unspecified atom stereocenters. The van der Waals surface area contributed by atoms with Gasteiger partial charge in [0, 0.05) is 36.1 Å². The van der Waals surface area contributed by atoms with Gasteiger partial charge in [0.2, 0.25) is 11.8 Å². The SMILES string of the molecule is CNc1ccc2c(c1)c1cccnc1n2C1CCC(=O)NC1=O. The van der Waals surface area contributed by atoms with Gasteiger partial charge in [-0.15, -0.1) is 0 Å². The van der Waals surface area contributed by atoms with Gasteiger partial charge in [-0.2, -0.15) is 0 Å². The van der Waals surface area contributed by atoms with Crippen molar-refractivity contribution in [1.82, 2.24) is 14.9 Å². The lowest BCUT2D eigenvalue weighted by atomic mass is 10.1. The van der Waals surface area contributed by atoms with Crippen LogP contribution in [-0.2, 0) is 9.59 Å². The van der Waals surface area contributed by atoms with Crippen LogP contribution in [-0.4, -0.2) is 28.4 Å². The number of fused-ring (bicyclic) bond motifs is 3. The Morgan fingerprint density at radius 1 is 1.26 bits per heavy atom. The summed E-state index contributed by atoms with van der Waals surface area (Å²) < 4.78 is 1.95. The smallest absolute Gasteiger partial charge is 0.249 e. The molecule has 1 aliphatic rings. The molecule has 0 bridgehead atoms. The third kappa shape index (κ3) is 2.06. The molecule has 0 spiro atoms. The second-order valence-electron chi connectivity index (χ2n) is 5.69. The number of benzene rings is 1. The zero-order chi connectivity index (χ0) is 16.0. The number of amides is 2. The van der Waals surface area contributed by atoms with E-state index in [1.165, 1.54) is 0 Å². The molecule has 3 heterocycles. The third-order valence-electron chi connectivity index (χ3n) is 4.37. The predicted octanol–water partition coefficient (Wildman–Crippen LogP) is 2.21. The molecule has 1 fully saturated rings. The summed E-state index contributed by atoms with van der Waals surface area (Å²) in [5.74, 6) is -0.471. The number of piperidine rings is 1. The minimum atomic E-state index is -0.414. The van der Waals surface area contributed by atoms with Gasteiger partial charge in [-0.05, 0) is 36.8 Å². The van der Waals surface area contributed by atoms with Crippen LogP contribution in [0.25, 0.3) is 21.9 Å². The Morgan fingerprint density at radius 3 is 2.91 bits per heavy atom. The molecule has 2 aromatic heterocycles. The number of anilines is 1. The maximum atomic E-state index is 12.3. The Balaban J connectivity index is 2.00. The van der Waals surface area contributed by atoms with Crippen molar-refractivity contribution < 1.29 is 9.59 Å². The summed E-state index contributed by atoms with van der Waals surface area (Å²) in [5.41, 5.74) is 2.72. The summed E-state index contributed by atoms with van der Waals surface area (Å²) in [5, 5.41) is 7.61. The van der Waals surface area contributed by atoms with E-state index in [0.717, 1.165) is 27.6 Å². The molecule has 0 aliphatic carbocycles. The summed E-state index contributed by atoms with van der Waals surface area (Å²) in [7, 11) is 1.87. The van der Waals surface area contributed by atoms with Crippen LogP contribution >= 0.6 is 0 Å². The average molecular weight is 308 g/mol. The number of carbonyl (C=O) groups excluding carboxylic acids is 2. The molecule has 2 N–H and O–H groups in total. The lowest BCUT2D eigenvalue weighted by molar-refractivity contribution is -0.135. The predicted molar refractivity (Wildman–Crippen MR) is 88.2 cm³/mol. The van der Waals surface area contributed by atoms with E-state index in [4.69, 9.17) is 0 Å². The Morgan fingerprint density at radius 2 is 2.13 bits per heavy atom. The minimum absolute atomic E-state index is 0.211. The monoisotopic (exact) mass is 308 g/mol. The van der Waals surface area contributed by atoms with Crippen molar-refractivity contribution in [3.05, 3.63) is 36.5 Å². The molecular formula is C17H16N4O2. The van der Waals surface area contributed by atoms with E-state index < -0.39 is 6.04 Å². The van der Waals surface area contributed by atoms with Crippen molar-refractivity contribution in [2.45, 2.75) is 18.9 Å². The van der Waals surface area contributed by atoms with Gasteiger partial charge in [-0.25, -0.2) is 4.98 Å². The van der Waals surface area contributed by atoms with Crippen LogP contribution < -0.4 is 10.6 Å². The average Bonchev–Trinajstić information content (AvgIpc) is 2.89. The third-order valence-corrected chi connectivity index (χ3v) is 4.37. The fraction of sp³-hybridized carbons (Fsp3) is 0.235. The largest absolute Gasteiger partial charge is 0.388 e. The maximum Gasteiger partial charge on any atom is 0.249 e. The van der Waals surface area contributed by atoms with E-state index in [1.807, 2.05) is 35.9 Å². The first-order valence-corrected chi connectivity index (χ1v) is 7.59. The van der Waals surface area contributed by atoms with Crippen molar-refractivity contribution in [3.63, 3.8) is 0 Å². The first-order valence-electron chi connectivity index (χ1n) is 7.59. The molecule has 0 radical (unpaired) electrons. The Bertz CT molecular complexity index is 944. The first kappa shape index (κ1) is 13.8. The molecule has 4 rings (SSSR count). The number of pyridine rings is 1. The number of aromatic nitrogens is 2. The van der Waals surface area contributed by atoms with Crippen LogP contribution in [0.2, 0.25) is 0 Å². The summed E-state index contributed by atoms with van der Waals surface area (Å²) in [6.45, 7) is 0.